The topological polar surface area (TPSA) is 75.7 Å². The third kappa shape index (κ3) is 7.41. The average Bonchev–Trinajstić information content (AvgIpc) is 2.64. The Morgan fingerprint density at radius 3 is 2.33 bits per heavy atom. The van der Waals surface area contributed by atoms with Gasteiger partial charge in [-0.15, -0.1) is 0 Å². The van der Waals surface area contributed by atoms with E-state index in [1.807, 2.05) is 35.2 Å². The van der Waals surface area contributed by atoms with Gasteiger partial charge in [-0.1, -0.05) is 30.3 Å². The highest BCUT2D eigenvalue weighted by molar-refractivity contribution is 5.84. The highest BCUT2D eigenvalue weighted by Crippen LogP contribution is 2.18. The number of ether oxygens (including phenoxy) is 1. The number of aryl methyl sites for hydroxylation is 1. The maximum atomic E-state index is 12.4. The van der Waals surface area contributed by atoms with Gasteiger partial charge in [0.15, 0.2) is 0 Å². The molecule has 0 radical (unpaired) electrons. The molecule has 0 unspecified atom stereocenters. The van der Waals surface area contributed by atoms with Crippen molar-refractivity contribution in [2.45, 2.75) is 52.1 Å². The Hall–Kier alpha value is -2.37. The van der Waals surface area contributed by atoms with Crippen LogP contribution in [-0.2, 0) is 25.5 Å². The van der Waals surface area contributed by atoms with Crippen LogP contribution in [0.4, 0.5) is 0 Å². The maximum absolute atomic E-state index is 12.4. The lowest BCUT2D eigenvalue weighted by molar-refractivity contribution is -0.154. The van der Waals surface area contributed by atoms with E-state index in [1.165, 1.54) is 0 Å². The summed E-state index contributed by atoms with van der Waals surface area (Å²) in [6.07, 6.45) is 2.46. The molecule has 1 fully saturated rings. The SMILES string of the molecule is CC(C)(C)OC(=O)CNC(=O)C1CCN(C(=O)CCc2ccccc2)CC1. The third-order valence-corrected chi connectivity index (χ3v) is 4.52. The van der Waals surface area contributed by atoms with Crippen LogP contribution in [0.3, 0.4) is 0 Å². The summed E-state index contributed by atoms with van der Waals surface area (Å²) in [5.41, 5.74) is 0.593. The normalized spacial score (nSPS) is 15.3. The van der Waals surface area contributed by atoms with Gasteiger partial charge in [0.05, 0.1) is 0 Å². The van der Waals surface area contributed by atoms with E-state index < -0.39 is 11.6 Å². The Morgan fingerprint density at radius 2 is 1.74 bits per heavy atom. The standard InChI is InChI=1S/C21H30N2O4/c1-21(2,3)27-19(25)15-22-20(26)17-11-13-23(14-12-17)18(24)10-9-16-7-5-4-6-8-16/h4-8,17H,9-15H2,1-3H3,(H,22,26). The number of likely N-dealkylation sites (tertiary alicyclic amines) is 1. The summed E-state index contributed by atoms with van der Waals surface area (Å²) in [5.74, 6) is -0.612. The van der Waals surface area contributed by atoms with Gasteiger partial charge in [-0.3, -0.25) is 14.4 Å². The Labute approximate surface area is 161 Å². The van der Waals surface area contributed by atoms with Gasteiger partial charge in [-0.05, 0) is 45.6 Å². The molecule has 1 N–H and O–H groups in total. The lowest BCUT2D eigenvalue weighted by atomic mass is 9.95. The number of carbonyl (C=O) groups is 3. The zero-order chi connectivity index (χ0) is 19.9. The maximum Gasteiger partial charge on any atom is 0.325 e. The van der Waals surface area contributed by atoms with Crippen molar-refractivity contribution in [1.82, 2.24) is 10.2 Å². The van der Waals surface area contributed by atoms with Gasteiger partial charge < -0.3 is 15.0 Å². The van der Waals surface area contributed by atoms with Crippen LogP contribution in [0, 0.1) is 5.92 Å². The van der Waals surface area contributed by atoms with Crippen molar-refractivity contribution in [3.8, 4) is 0 Å². The molecule has 6 nitrogen and oxygen atoms in total. The summed E-state index contributed by atoms with van der Waals surface area (Å²) < 4.78 is 5.18. The molecule has 0 aliphatic carbocycles. The highest BCUT2D eigenvalue weighted by atomic mass is 16.6. The largest absolute Gasteiger partial charge is 0.459 e. The lowest BCUT2D eigenvalue weighted by Crippen LogP contribution is -2.44. The molecular formula is C21H30N2O4. The van der Waals surface area contributed by atoms with Crippen molar-refractivity contribution in [2.24, 2.45) is 5.92 Å². The van der Waals surface area contributed by atoms with E-state index in [2.05, 4.69) is 5.32 Å². The molecule has 1 heterocycles. The number of esters is 1. The van der Waals surface area contributed by atoms with Crippen LogP contribution in [0.5, 0.6) is 0 Å². The van der Waals surface area contributed by atoms with Crippen molar-refractivity contribution >= 4 is 17.8 Å². The number of nitrogens with zero attached hydrogens (tertiary/aromatic N) is 1. The molecular weight excluding hydrogens is 344 g/mol. The highest BCUT2D eigenvalue weighted by Gasteiger charge is 2.27. The Morgan fingerprint density at radius 1 is 1.11 bits per heavy atom. The number of piperidine rings is 1. The third-order valence-electron chi connectivity index (χ3n) is 4.52. The molecule has 1 aromatic rings. The van der Waals surface area contributed by atoms with Gasteiger partial charge in [0, 0.05) is 25.4 Å². The number of carbonyl (C=O) groups excluding carboxylic acids is 3. The fraction of sp³-hybridized carbons (Fsp3) is 0.571. The van der Waals surface area contributed by atoms with E-state index in [1.54, 1.807) is 20.8 Å². The van der Waals surface area contributed by atoms with Gasteiger partial charge in [0.25, 0.3) is 0 Å². The van der Waals surface area contributed by atoms with Crippen molar-refractivity contribution in [3.05, 3.63) is 35.9 Å². The van der Waals surface area contributed by atoms with Crippen LogP contribution in [0.15, 0.2) is 30.3 Å². The van der Waals surface area contributed by atoms with Gasteiger partial charge in [-0.2, -0.15) is 0 Å². The quantitative estimate of drug-likeness (QED) is 0.776. The van der Waals surface area contributed by atoms with Crippen LogP contribution >= 0.6 is 0 Å². The molecule has 0 bridgehead atoms. The molecule has 1 saturated heterocycles. The fourth-order valence-corrected chi connectivity index (χ4v) is 3.13. The molecule has 148 valence electrons. The first-order valence-corrected chi connectivity index (χ1v) is 9.56. The predicted molar refractivity (Wildman–Crippen MR) is 103 cm³/mol. The Kier molecular flexibility index (Phi) is 7.39. The first-order chi connectivity index (χ1) is 12.7. The van der Waals surface area contributed by atoms with E-state index in [9.17, 15) is 14.4 Å². The van der Waals surface area contributed by atoms with Crippen LogP contribution in [0.25, 0.3) is 0 Å². The molecule has 1 aromatic carbocycles. The molecule has 2 amide bonds. The molecule has 0 aromatic heterocycles. The molecule has 6 heteroatoms. The molecule has 1 aliphatic rings. The van der Waals surface area contributed by atoms with Gasteiger partial charge in [-0.25, -0.2) is 0 Å². The van der Waals surface area contributed by atoms with Crippen LogP contribution < -0.4 is 5.32 Å². The van der Waals surface area contributed by atoms with Gasteiger partial charge in [0.1, 0.15) is 12.1 Å². The van der Waals surface area contributed by atoms with Gasteiger partial charge in [0.2, 0.25) is 11.8 Å². The molecule has 2 rings (SSSR count). The van der Waals surface area contributed by atoms with E-state index in [0.29, 0.717) is 32.4 Å². The minimum absolute atomic E-state index is 0.119. The minimum atomic E-state index is -0.562. The van der Waals surface area contributed by atoms with Crippen LogP contribution in [0.2, 0.25) is 0 Å². The molecule has 1 aliphatic heterocycles. The first kappa shape index (κ1) is 20.9. The summed E-state index contributed by atoms with van der Waals surface area (Å²) in [7, 11) is 0. The zero-order valence-corrected chi connectivity index (χ0v) is 16.5. The number of rotatable bonds is 6. The number of amides is 2. The Bertz CT molecular complexity index is 644. The second-order valence-corrected chi connectivity index (χ2v) is 7.94. The number of hydrogen-bond acceptors (Lipinski definition) is 4. The second kappa shape index (κ2) is 9.53. The van der Waals surface area contributed by atoms with Crippen molar-refractivity contribution in [2.75, 3.05) is 19.6 Å². The summed E-state index contributed by atoms with van der Waals surface area (Å²) in [6, 6.07) is 9.95. The molecule has 0 saturated carbocycles. The summed E-state index contributed by atoms with van der Waals surface area (Å²) in [6.45, 7) is 6.41. The predicted octanol–water partition coefficient (Wildman–Crippen LogP) is 2.32. The summed E-state index contributed by atoms with van der Waals surface area (Å²) in [5, 5.41) is 2.65. The van der Waals surface area contributed by atoms with Crippen molar-refractivity contribution in [1.29, 1.82) is 0 Å². The molecule has 27 heavy (non-hydrogen) atoms. The van der Waals surface area contributed by atoms with Crippen molar-refractivity contribution < 1.29 is 19.1 Å². The summed E-state index contributed by atoms with van der Waals surface area (Å²) in [4.78, 5) is 38.1. The molecule has 0 spiro atoms. The van der Waals surface area contributed by atoms with Crippen LogP contribution in [-0.4, -0.2) is 47.9 Å². The number of benzene rings is 1. The van der Waals surface area contributed by atoms with E-state index in [-0.39, 0.29) is 24.3 Å². The van der Waals surface area contributed by atoms with E-state index in [4.69, 9.17) is 4.74 Å². The van der Waals surface area contributed by atoms with Crippen molar-refractivity contribution in [3.63, 3.8) is 0 Å². The fourth-order valence-electron chi connectivity index (χ4n) is 3.13. The van der Waals surface area contributed by atoms with Gasteiger partial charge >= 0.3 is 5.97 Å². The average molecular weight is 374 g/mol. The molecule has 0 atom stereocenters. The minimum Gasteiger partial charge on any atom is -0.459 e. The monoisotopic (exact) mass is 374 g/mol. The smallest absolute Gasteiger partial charge is 0.325 e. The number of nitrogens with one attached hydrogen (secondary N) is 1. The lowest BCUT2D eigenvalue weighted by Gasteiger charge is -2.31. The second-order valence-electron chi connectivity index (χ2n) is 7.94. The van der Waals surface area contributed by atoms with E-state index in [0.717, 1.165) is 12.0 Å². The van der Waals surface area contributed by atoms with E-state index >= 15 is 0 Å². The Balaban J connectivity index is 1.68. The first-order valence-electron chi connectivity index (χ1n) is 9.56. The number of hydrogen-bond donors (Lipinski definition) is 1. The van der Waals surface area contributed by atoms with Crippen LogP contribution in [0.1, 0.15) is 45.6 Å². The summed E-state index contributed by atoms with van der Waals surface area (Å²) >= 11 is 0. The zero-order valence-electron chi connectivity index (χ0n) is 16.5.